The van der Waals surface area contributed by atoms with E-state index in [1.807, 2.05) is 29.8 Å². The lowest BCUT2D eigenvalue weighted by molar-refractivity contribution is -0.144. The number of anilines is 1. The molecule has 2 rings (SSSR count). The highest BCUT2D eigenvalue weighted by Gasteiger charge is 2.16. The van der Waals surface area contributed by atoms with E-state index in [-0.39, 0.29) is 5.57 Å². The maximum absolute atomic E-state index is 12.3. The number of nitriles is 1. The molecule has 0 aliphatic rings. The van der Waals surface area contributed by atoms with Gasteiger partial charge in [0.25, 0.3) is 5.91 Å². The van der Waals surface area contributed by atoms with Crippen molar-refractivity contribution in [1.82, 2.24) is 9.88 Å². The van der Waals surface area contributed by atoms with Crippen molar-refractivity contribution in [1.29, 1.82) is 5.26 Å². The number of carbonyl (C=O) groups is 3. The molecule has 1 aromatic carbocycles. The van der Waals surface area contributed by atoms with Gasteiger partial charge < -0.3 is 24.1 Å². The summed E-state index contributed by atoms with van der Waals surface area (Å²) in [7, 11) is 3.13. The number of methoxy groups -OCH3 is 2. The lowest BCUT2D eigenvalue weighted by Crippen LogP contribution is -2.37. The zero-order valence-electron chi connectivity index (χ0n) is 18.9. The lowest BCUT2D eigenvalue weighted by Gasteiger charge is -2.08. The number of aryl methyl sites for hydroxylation is 1. The molecule has 174 valence electrons. The van der Waals surface area contributed by atoms with Gasteiger partial charge in [0, 0.05) is 30.7 Å². The standard InChI is InChI=1S/C23H26N4O6/c1-15-11-17(16(2)27(15)9-10-31-3)12-18(13-24)22(29)33-14-21(28)26-23(30)25-19-5-7-20(32-4)8-6-19/h5-8,11-12H,9-10,14H2,1-4H3,(H2,25,26,28,30). The monoisotopic (exact) mass is 454 g/mol. The molecule has 2 N–H and O–H groups in total. The number of nitrogens with one attached hydrogen (secondary N) is 2. The lowest BCUT2D eigenvalue weighted by atomic mass is 10.1. The Morgan fingerprint density at radius 2 is 1.85 bits per heavy atom. The van der Waals surface area contributed by atoms with Gasteiger partial charge in [-0.1, -0.05) is 0 Å². The number of carbonyl (C=O) groups excluding carboxylic acids is 3. The molecular weight excluding hydrogens is 428 g/mol. The van der Waals surface area contributed by atoms with Gasteiger partial charge in [-0.15, -0.1) is 0 Å². The third kappa shape index (κ3) is 7.22. The molecule has 33 heavy (non-hydrogen) atoms. The van der Waals surface area contributed by atoms with Gasteiger partial charge >= 0.3 is 12.0 Å². The quantitative estimate of drug-likeness (QED) is 0.338. The molecule has 1 aromatic heterocycles. The Bertz CT molecular complexity index is 1080. The highest BCUT2D eigenvalue weighted by molar-refractivity contribution is 6.03. The minimum atomic E-state index is -0.968. The van der Waals surface area contributed by atoms with Crippen LogP contribution in [0, 0.1) is 25.2 Å². The SMILES string of the molecule is COCCn1c(C)cc(C=C(C#N)C(=O)OCC(=O)NC(=O)Nc2ccc(OC)cc2)c1C. The molecule has 0 bridgehead atoms. The van der Waals surface area contributed by atoms with E-state index in [1.165, 1.54) is 13.2 Å². The number of hydrogen-bond acceptors (Lipinski definition) is 7. The number of nitrogens with zero attached hydrogens (tertiary/aromatic N) is 2. The first-order chi connectivity index (χ1) is 15.8. The number of imide groups is 1. The third-order valence-electron chi connectivity index (χ3n) is 4.71. The number of benzene rings is 1. The van der Waals surface area contributed by atoms with Gasteiger partial charge in [0.2, 0.25) is 0 Å². The summed E-state index contributed by atoms with van der Waals surface area (Å²) < 4.78 is 17.0. The Labute approximate surface area is 191 Å². The van der Waals surface area contributed by atoms with Crippen LogP contribution >= 0.6 is 0 Å². The number of urea groups is 1. The van der Waals surface area contributed by atoms with E-state index in [0.29, 0.717) is 30.2 Å². The van der Waals surface area contributed by atoms with Crippen LogP contribution in [-0.2, 0) is 25.6 Å². The van der Waals surface area contributed by atoms with Crippen molar-refractivity contribution in [3.63, 3.8) is 0 Å². The van der Waals surface area contributed by atoms with Crippen LogP contribution in [0.2, 0.25) is 0 Å². The second-order valence-electron chi connectivity index (χ2n) is 6.95. The molecule has 10 nitrogen and oxygen atoms in total. The van der Waals surface area contributed by atoms with Crippen molar-refractivity contribution in [2.75, 3.05) is 32.8 Å². The van der Waals surface area contributed by atoms with Crippen LogP contribution in [0.3, 0.4) is 0 Å². The minimum absolute atomic E-state index is 0.266. The van der Waals surface area contributed by atoms with Crippen LogP contribution in [0.25, 0.3) is 6.08 Å². The molecule has 0 saturated carbocycles. The normalized spacial score (nSPS) is 10.8. The zero-order chi connectivity index (χ0) is 24.4. The smallest absolute Gasteiger partial charge is 0.349 e. The van der Waals surface area contributed by atoms with E-state index in [2.05, 4.69) is 5.32 Å². The summed E-state index contributed by atoms with van der Waals surface area (Å²) in [5, 5.41) is 13.9. The highest BCUT2D eigenvalue weighted by atomic mass is 16.5. The maximum Gasteiger partial charge on any atom is 0.349 e. The Morgan fingerprint density at radius 1 is 1.15 bits per heavy atom. The number of esters is 1. The van der Waals surface area contributed by atoms with Gasteiger partial charge in [0.15, 0.2) is 6.61 Å². The van der Waals surface area contributed by atoms with Crippen molar-refractivity contribution >= 4 is 29.7 Å². The van der Waals surface area contributed by atoms with E-state index >= 15 is 0 Å². The second-order valence-corrected chi connectivity index (χ2v) is 6.95. The molecule has 3 amide bonds. The topological polar surface area (TPSA) is 132 Å². The summed E-state index contributed by atoms with van der Waals surface area (Å²) in [5.41, 5.74) is 2.66. The van der Waals surface area contributed by atoms with Crippen molar-refractivity contribution in [2.24, 2.45) is 0 Å². The molecule has 2 aromatic rings. The van der Waals surface area contributed by atoms with E-state index in [1.54, 1.807) is 37.4 Å². The average molecular weight is 454 g/mol. The number of amides is 3. The molecule has 10 heteroatoms. The highest BCUT2D eigenvalue weighted by Crippen LogP contribution is 2.19. The van der Waals surface area contributed by atoms with Crippen LogP contribution < -0.4 is 15.4 Å². The zero-order valence-corrected chi connectivity index (χ0v) is 18.9. The summed E-state index contributed by atoms with van der Waals surface area (Å²) in [6.07, 6.45) is 1.41. The van der Waals surface area contributed by atoms with Gasteiger partial charge in [-0.3, -0.25) is 10.1 Å². The van der Waals surface area contributed by atoms with E-state index in [4.69, 9.17) is 14.2 Å². The van der Waals surface area contributed by atoms with E-state index < -0.39 is 24.5 Å². The fourth-order valence-corrected chi connectivity index (χ4v) is 3.00. The maximum atomic E-state index is 12.3. The fraction of sp³-hybridized carbons (Fsp3) is 0.304. The van der Waals surface area contributed by atoms with Gasteiger partial charge in [-0.05, 0) is 55.8 Å². The molecular formula is C23H26N4O6. The van der Waals surface area contributed by atoms with Crippen LogP contribution in [0.4, 0.5) is 10.5 Å². The van der Waals surface area contributed by atoms with Crippen molar-refractivity contribution in [3.8, 4) is 11.8 Å². The first-order valence-electron chi connectivity index (χ1n) is 9.98. The summed E-state index contributed by atoms with van der Waals surface area (Å²) in [6, 6.07) is 9.31. The van der Waals surface area contributed by atoms with Crippen LogP contribution in [0.1, 0.15) is 17.0 Å². The predicted molar refractivity (Wildman–Crippen MR) is 120 cm³/mol. The van der Waals surface area contributed by atoms with Crippen molar-refractivity contribution in [2.45, 2.75) is 20.4 Å². The van der Waals surface area contributed by atoms with Crippen LogP contribution in [0.15, 0.2) is 35.9 Å². The number of ether oxygens (including phenoxy) is 3. The fourth-order valence-electron chi connectivity index (χ4n) is 3.00. The Hall–Kier alpha value is -4.10. The second kappa shape index (κ2) is 12.1. The molecule has 0 aliphatic heterocycles. The number of aromatic nitrogens is 1. The molecule has 0 radical (unpaired) electrons. The van der Waals surface area contributed by atoms with Crippen molar-refractivity contribution < 1.29 is 28.6 Å². The molecule has 1 heterocycles. The molecule has 0 unspecified atom stereocenters. The summed E-state index contributed by atoms with van der Waals surface area (Å²) in [5.74, 6) is -1.20. The van der Waals surface area contributed by atoms with Gasteiger partial charge in [0.1, 0.15) is 17.4 Å². The molecule has 0 spiro atoms. The van der Waals surface area contributed by atoms with E-state index in [0.717, 1.165) is 11.4 Å². The van der Waals surface area contributed by atoms with Gasteiger partial charge in [-0.25, -0.2) is 9.59 Å². The third-order valence-corrected chi connectivity index (χ3v) is 4.71. The molecule has 0 atom stereocenters. The largest absolute Gasteiger partial charge is 0.497 e. The molecule has 0 aliphatic carbocycles. The first kappa shape index (κ1) is 25.2. The number of hydrogen-bond donors (Lipinski definition) is 2. The average Bonchev–Trinajstić information content (AvgIpc) is 3.06. The van der Waals surface area contributed by atoms with Gasteiger partial charge in [0.05, 0.1) is 13.7 Å². The van der Waals surface area contributed by atoms with Crippen molar-refractivity contribution in [3.05, 3.63) is 52.9 Å². The summed E-state index contributed by atoms with van der Waals surface area (Å²) >= 11 is 0. The minimum Gasteiger partial charge on any atom is -0.497 e. The Kier molecular flexibility index (Phi) is 9.20. The summed E-state index contributed by atoms with van der Waals surface area (Å²) in [6.45, 7) is 4.21. The Balaban J connectivity index is 1.93. The number of rotatable bonds is 9. The van der Waals surface area contributed by atoms with E-state index in [9.17, 15) is 19.6 Å². The Morgan fingerprint density at radius 3 is 2.45 bits per heavy atom. The van der Waals surface area contributed by atoms with Gasteiger partial charge in [-0.2, -0.15) is 5.26 Å². The van der Waals surface area contributed by atoms with Crippen LogP contribution in [0.5, 0.6) is 5.75 Å². The van der Waals surface area contributed by atoms with Crippen LogP contribution in [-0.4, -0.2) is 49.9 Å². The first-order valence-corrected chi connectivity index (χ1v) is 9.98. The predicted octanol–water partition coefficient (Wildman–Crippen LogP) is 2.56. The molecule has 0 saturated heterocycles. The summed E-state index contributed by atoms with van der Waals surface area (Å²) in [4.78, 5) is 36.1. The molecule has 0 fully saturated rings.